The average Bonchev–Trinajstić information content (AvgIpc) is 2.51. The number of hydrogen-bond donors (Lipinski definition) is 0. The number of carbonyl (C=O) groups is 2. The van der Waals surface area contributed by atoms with Gasteiger partial charge in [-0.1, -0.05) is 58.3 Å². The molecule has 0 aromatic heterocycles. The van der Waals surface area contributed by atoms with Gasteiger partial charge >= 0.3 is 11.9 Å². The third kappa shape index (κ3) is 17.6. The zero-order valence-corrected chi connectivity index (χ0v) is 17.0. The summed E-state index contributed by atoms with van der Waals surface area (Å²) in [5.41, 5.74) is 0. The minimum absolute atomic E-state index is 0.0565. The SMILES string of the molecule is CCCC(CCCCCCCCCCCC(C)OC(C)=O)OC(C)=O. The molecular weight excluding hydrogens is 316 g/mol. The lowest BCUT2D eigenvalue weighted by atomic mass is 10.0. The number of hydrogen-bond acceptors (Lipinski definition) is 4. The summed E-state index contributed by atoms with van der Waals surface area (Å²) in [4.78, 5) is 21.9. The Hall–Kier alpha value is -1.06. The molecule has 0 N–H and O–H groups in total. The topological polar surface area (TPSA) is 52.6 Å². The standard InChI is InChI=1S/C21H40O4/c1-5-15-21(25-20(4)23)17-14-12-10-8-6-7-9-11-13-16-18(2)24-19(3)22/h18,21H,5-17H2,1-4H3. The van der Waals surface area contributed by atoms with Crippen LogP contribution in [0.15, 0.2) is 0 Å². The predicted molar refractivity (Wildman–Crippen MR) is 102 cm³/mol. The molecule has 0 rings (SSSR count). The summed E-state index contributed by atoms with van der Waals surface area (Å²) in [6, 6.07) is 0. The summed E-state index contributed by atoms with van der Waals surface area (Å²) >= 11 is 0. The number of unbranched alkanes of at least 4 members (excludes halogenated alkanes) is 8. The molecule has 0 aliphatic rings. The second-order valence-electron chi connectivity index (χ2n) is 7.20. The van der Waals surface area contributed by atoms with E-state index in [4.69, 9.17) is 9.47 Å². The summed E-state index contributed by atoms with van der Waals surface area (Å²) in [6.07, 6.45) is 15.4. The van der Waals surface area contributed by atoms with Crippen LogP contribution in [-0.4, -0.2) is 24.1 Å². The highest BCUT2D eigenvalue weighted by molar-refractivity contribution is 5.66. The van der Waals surface area contributed by atoms with Crippen molar-refractivity contribution in [2.45, 2.75) is 123 Å². The highest BCUT2D eigenvalue weighted by Gasteiger charge is 2.10. The van der Waals surface area contributed by atoms with Crippen LogP contribution in [0.1, 0.15) is 111 Å². The summed E-state index contributed by atoms with van der Waals surface area (Å²) < 4.78 is 10.5. The first-order chi connectivity index (χ1) is 12.0. The van der Waals surface area contributed by atoms with Crippen LogP contribution in [0.4, 0.5) is 0 Å². The first-order valence-electron chi connectivity index (χ1n) is 10.3. The van der Waals surface area contributed by atoms with Gasteiger partial charge in [-0.15, -0.1) is 0 Å². The fourth-order valence-electron chi connectivity index (χ4n) is 3.20. The zero-order valence-electron chi connectivity index (χ0n) is 17.0. The summed E-state index contributed by atoms with van der Waals surface area (Å²) in [7, 11) is 0. The molecule has 0 aromatic carbocycles. The molecule has 0 saturated heterocycles. The lowest BCUT2D eigenvalue weighted by Gasteiger charge is -2.15. The fourth-order valence-corrected chi connectivity index (χ4v) is 3.20. The molecule has 0 bridgehead atoms. The Labute approximate surface area is 155 Å². The van der Waals surface area contributed by atoms with Crippen molar-refractivity contribution < 1.29 is 19.1 Å². The molecule has 0 amide bonds. The molecule has 0 heterocycles. The van der Waals surface area contributed by atoms with Crippen LogP contribution in [0.3, 0.4) is 0 Å². The minimum Gasteiger partial charge on any atom is -0.463 e. The molecule has 0 aliphatic heterocycles. The van der Waals surface area contributed by atoms with E-state index in [9.17, 15) is 9.59 Å². The lowest BCUT2D eigenvalue weighted by molar-refractivity contribution is -0.147. The quantitative estimate of drug-likeness (QED) is 0.253. The summed E-state index contributed by atoms with van der Waals surface area (Å²) in [5.74, 6) is -0.331. The van der Waals surface area contributed by atoms with E-state index in [1.54, 1.807) is 0 Å². The first kappa shape index (κ1) is 23.9. The predicted octanol–water partition coefficient (Wildman–Crippen LogP) is 5.96. The Bertz CT molecular complexity index is 341. The van der Waals surface area contributed by atoms with E-state index in [-0.39, 0.29) is 24.1 Å². The van der Waals surface area contributed by atoms with Crippen LogP contribution in [0.2, 0.25) is 0 Å². The molecule has 4 heteroatoms. The molecule has 4 nitrogen and oxygen atoms in total. The molecule has 2 atom stereocenters. The Kier molecular flexibility index (Phi) is 15.7. The number of rotatable bonds is 16. The number of carbonyl (C=O) groups excluding carboxylic acids is 2. The van der Waals surface area contributed by atoms with Crippen molar-refractivity contribution in [1.29, 1.82) is 0 Å². The van der Waals surface area contributed by atoms with Gasteiger partial charge < -0.3 is 9.47 Å². The van der Waals surface area contributed by atoms with Gasteiger partial charge in [-0.25, -0.2) is 0 Å². The molecule has 0 aromatic rings. The molecule has 0 saturated carbocycles. The average molecular weight is 357 g/mol. The van der Waals surface area contributed by atoms with Crippen LogP contribution >= 0.6 is 0 Å². The molecule has 2 unspecified atom stereocenters. The van der Waals surface area contributed by atoms with E-state index < -0.39 is 0 Å². The van der Waals surface area contributed by atoms with Gasteiger partial charge in [0.25, 0.3) is 0 Å². The second-order valence-corrected chi connectivity index (χ2v) is 7.20. The number of esters is 2. The van der Waals surface area contributed by atoms with Gasteiger partial charge in [0, 0.05) is 13.8 Å². The van der Waals surface area contributed by atoms with Crippen molar-refractivity contribution >= 4 is 11.9 Å². The Morgan fingerprint density at radius 1 is 0.680 bits per heavy atom. The van der Waals surface area contributed by atoms with E-state index >= 15 is 0 Å². The van der Waals surface area contributed by atoms with Gasteiger partial charge in [-0.3, -0.25) is 9.59 Å². The molecule has 0 radical (unpaired) electrons. The third-order valence-electron chi connectivity index (χ3n) is 4.45. The van der Waals surface area contributed by atoms with E-state index in [0.717, 1.165) is 38.5 Å². The van der Waals surface area contributed by atoms with Gasteiger partial charge in [0.15, 0.2) is 0 Å². The van der Waals surface area contributed by atoms with Gasteiger partial charge in [0.05, 0.1) is 6.10 Å². The normalized spacial score (nSPS) is 13.3. The third-order valence-corrected chi connectivity index (χ3v) is 4.45. The van der Waals surface area contributed by atoms with Crippen LogP contribution in [-0.2, 0) is 19.1 Å². The van der Waals surface area contributed by atoms with Gasteiger partial charge in [-0.2, -0.15) is 0 Å². The van der Waals surface area contributed by atoms with E-state index in [0.29, 0.717) is 0 Å². The monoisotopic (exact) mass is 356 g/mol. The molecule has 0 fully saturated rings. The largest absolute Gasteiger partial charge is 0.463 e. The molecular formula is C21H40O4. The Balaban J connectivity index is 3.38. The minimum atomic E-state index is -0.179. The first-order valence-corrected chi connectivity index (χ1v) is 10.3. The van der Waals surface area contributed by atoms with Crippen molar-refractivity contribution in [3.63, 3.8) is 0 Å². The smallest absolute Gasteiger partial charge is 0.302 e. The lowest BCUT2D eigenvalue weighted by Crippen LogP contribution is -2.15. The zero-order chi connectivity index (χ0) is 18.9. The van der Waals surface area contributed by atoms with E-state index in [1.165, 1.54) is 58.8 Å². The summed E-state index contributed by atoms with van der Waals surface area (Å²) in [5, 5.41) is 0. The van der Waals surface area contributed by atoms with Crippen LogP contribution in [0.25, 0.3) is 0 Å². The maximum atomic E-state index is 11.1. The highest BCUT2D eigenvalue weighted by Crippen LogP contribution is 2.15. The van der Waals surface area contributed by atoms with Crippen molar-refractivity contribution in [1.82, 2.24) is 0 Å². The number of ether oxygens (including phenoxy) is 2. The van der Waals surface area contributed by atoms with Gasteiger partial charge in [0.2, 0.25) is 0 Å². The van der Waals surface area contributed by atoms with E-state index in [1.807, 2.05) is 6.92 Å². The van der Waals surface area contributed by atoms with Crippen LogP contribution in [0.5, 0.6) is 0 Å². The van der Waals surface area contributed by atoms with Crippen LogP contribution in [0, 0.1) is 0 Å². The van der Waals surface area contributed by atoms with E-state index in [2.05, 4.69) is 6.92 Å². The molecule has 25 heavy (non-hydrogen) atoms. The van der Waals surface area contributed by atoms with Crippen molar-refractivity contribution in [3.05, 3.63) is 0 Å². The molecule has 0 aliphatic carbocycles. The summed E-state index contributed by atoms with van der Waals surface area (Å²) in [6.45, 7) is 7.07. The van der Waals surface area contributed by atoms with Crippen molar-refractivity contribution in [3.8, 4) is 0 Å². The van der Waals surface area contributed by atoms with Crippen molar-refractivity contribution in [2.24, 2.45) is 0 Å². The Morgan fingerprint density at radius 3 is 1.56 bits per heavy atom. The molecule has 0 spiro atoms. The van der Waals surface area contributed by atoms with Crippen LogP contribution < -0.4 is 0 Å². The second kappa shape index (κ2) is 16.4. The van der Waals surface area contributed by atoms with Gasteiger partial charge in [0.1, 0.15) is 6.10 Å². The molecule has 148 valence electrons. The highest BCUT2D eigenvalue weighted by atomic mass is 16.5. The van der Waals surface area contributed by atoms with Gasteiger partial charge in [-0.05, 0) is 39.0 Å². The fraction of sp³-hybridized carbons (Fsp3) is 0.905. The van der Waals surface area contributed by atoms with Crippen molar-refractivity contribution in [2.75, 3.05) is 0 Å². The maximum Gasteiger partial charge on any atom is 0.302 e. The maximum absolute atomic E-state index is 11.1. The Morgan fingerprint density at radius 2 is 1.12 bits per heavy atom.